The number of ketones is 1. The van der Waals surface area contributed by atoms with Crippen LogP contribution in [0.4, 0.5) is 0 Å². The molecule has 1 heterocycles. The van der Waals surface area contributed by atoms with Crippen LogP contribution >= 0.6 is 0 Å². The van der Waals surface area contributed by atoms with Crippen molar-refractivity contribution >= 4 is 5.78 Å². The molecular formula is C9H16N2O. The van der Waals surface area contributed by atoms with Crippen molar-refractivity contribution in [2.75, 3.05) is 32.7 Å². The quantitative estimate of drug-likeness (QED) is 0.604. The zero-order valence-electron chi connectivity index (χ0n) is 7.60. The summed E-state index contributed by atoms with van der Waals surface area (Å²) in [6.45, 7) is 9.86. The lowest BCUT2D eigenvalue weighted by Gasteiger charge is -2.26. The zero-order valence-corrected chi connectivity index (χ0v) is 7.60. The van der Waals surface area contributed by atoms with Crippen LogP contribution in [-0.2, 0) is 4.79 Å². The first-order valence-corrected chi connectivity index (χ1v) is 4.32. The number of hydrogen-bond acceptors (Lipinski definition) is 3. The number of nitrogens with zero attached hydrogens (tertiary/aromatic N) is 1. The van der Waals surface area contributed by atoms with E-state index in [0.29, 0.717) is 12.1 Å². The monoisotopic (exact) mass is 168 g/mol. The van der Waals surface area contributed by atoms with Gasteiger partial charge in [0.2, 0.25) is 0 Å². The topological polar surface area (TPSA) is 32.3 Å². The van der Waals surface area contributed by atoms with Gasteiger partial charge in [-0.1, -0.05) is 6.58 Å². The molecule has 0 radical (unpaired) electrons. The fourth-order valence-electron chi connectivity index (χ4n) is 1.21. The van der Waals surface area contributed by atoms with Crippen LogP contribution in [0.2, 0.25) is 0 Å². The molecule has 0 amide bonds. The van der Waals surface area contributed by atoms with Gasteiger partial charge in [-0.3, -0.25) is 9.69 Å². The summed E-state index contributed by atoms with van der Waals surface area (Å²) in [6, 6.07) is 0. The van der Waals surface area contributed by atoms with E-state index in [4.69, 9.17) is 0 Å². The molecule has 0 aliphatic carbocycles. The highest BCUT2D eigenvalue weighted by atomic mass is 16.1. The minimum atomic E-state index is 0.164. The molecule has 1 aliphatic rings. The molecule has 0 saturated carbocycles. The van der Waals surface area contributed by atoms with Gasteiger partial charge < -0.3 is 5.32 Å². The number of nitrogens with one attached hydrogen (secondary N) is 1. The van der Waals surface area contributed by atoms with Crippen LogP contribution in [0.3, 0.4) is 0 Å². The summed E-state index contributed by atoms with van der Waals surface area (Å²) in [4.78, 5) is 13.4. The summed E-state index contributed by atoms with van der Waals surface area (Å²) >= 11 is 0. The maximum absolute atomic E-state index is 11.2. The van der Waals surface area contributed by atoms with E-state index in [2.05, 4.69) is 16.8 Å². The molecule has 68 valence electrons. The highest BCUT2D eigenvalue weighted by molar-refractivity contribution is 5.95. The van der Waals surface area contributed by atoms with Crippen molar-refractivity contribution in [1.29, 1.82) is 0 Å². The lowest BCUT2D eigenvalue weighted by Crippen LogP contribution is -2.45. The van der Waals surface area contributed by atoms with Gasteiger partial charge in [0.15, 0.2) is 5.78 Å². The van der Waals surface area contributed by atoms with E-state index in [0.717, 1.165) is 26.2 Å². The van der Waals surface area contributed by atoms with Crippen molar-refractivity contribution in [2.24, 2.45) is 0 Å². The average Bonchev–Trinajstić information content (AvgIpc) is 2.06. The predicted molar refractivity (Wildman–Crippen MR) is 49.1 cm³/mol. The maximum Gasteiger partial charge on any atom is 0.171 e. The Bertz CT molecular complexity index is 183. The highest BCUT2D eigenvalue weighted by Gasteiger charge is 2.13. The van der Waals surface area contributed by atoms with Gasteiger partial charge in [0.25, 0.3) is 0 Å². The first kappa shape index (κ1) is 9.42. The Morgan fingerprint density at radius 2 is 2.08 bits per heavy atom. The van der Waals surface area contributed by atoms with Crippen molar-refractivity contribution in [3.8, 4) is 0 Å². The largest absolute Gasteiger partial charge is 0.314 e. The molecule has 3 heteroatoms. The van der Waals surface area contributed by atoms with Gasteiger partial charge >= 0.3 is 0 Å². The number of carbonyl (C=O) groups excluding carboxylic acids is 1. The summed E-state index contributed by atoms with van der Waals surface area (Å²) in [5.41, 5.74) is 0.661. The number of piperazine rings is 1. The fraction of sp³-hybridized carbons (Fsp3) is 0.667. The van der Waals surface area contributed by atoms with Gasteiger partial charge in [0, 0.05) is 26.2 Å². The average molecular weight is 168 g/mol. The minimum absolute atomic E-state index is 0.164. The lowest BCUT2D eigenvalue weighted by molar-refractivity contribution is -0.116. The molecule has 1 aliphatic heterocycles. The summed E-state index contributed by atoms with van der Waals surface area (Å²) in [5.74, 6) is 0.164. The van der Waals surface area contributed by atoms with Crippen LogP contribution < -0.4 is 5.32 Å². The van der Waals surface area contributed by atoms with Gasteiger partial charge in [-0.05, 0) is 12.5 Å². The molecule has 12 heavy (non-hydrogen) atoms. The molecule has 0 aromatic rings. The van der Waals surface area contributed by atoms with Crippen LogP contribution in [0.15, 0.2) is 12.2 Å². The van der Waals surface area contributed by atoms with Crippen molar-refractivity contribution in [1.82, 2.24) is 10.2 Å². The molecule has 1 N–H and O–H groups in total. The van der Waals surface area contributed by atoms with Gasteiger partial charge in [-0.2, -0.15) is 0 Å². The normalized spacial score (nSPS) is 19.1. The Hall–Kier alpha value is -0.670. The third-order valence-corrected chi connectivity index (χ3v) is 2.05. The van der Waals surface area contributed by atoms with E-state index in [1.54, 1.807) is 6.92 Å². The van der Waals surface area contributed by atoms with E-state index in [1.807, 2.05) is 0 Å². The van der Waals surface area contributed by atoms with Crippen molar-refractivity contribution in [3.63, 3.8) is 0 Å². The molecule has 0 aromatic carbocycles. The molecule has 1 saturated heterocycles. The summed E-state index contributed by atoms with van der Waals surface area (Å²) in [6.07, 6.45) is 0. The second kappa shape index (κ2) is 4.38. The smallest absolute Gasteiger partial charge is 0.171 e. The summed E-state index contributed by atoms with van der Waals surface area (Å²) in [5, 5.41) is 3.24. The SMILES string of the molecule is C=C(C)C(=O)CN1CCNCC1. The van der Waals surface area contributed by atoms with Crippen LogP contribution in [0.1, 0.15) is 6.92 Å². The van der Waals surface area contributed by atoms with Gasteiger partial charge in [-0.25, -0.2) is 0 Å². The standard InChI is InChI=1S/C9H16N2O/c1-8(2)9(12)7-11-5-3-10-4-6-11/h10H,1,3-7H2,2H3. The lowest BCUT2D eigenvalue weighted by atomic mass is 10.2. The molecule has 0 unspecified atom stereocenters. The van der Waals surface area contributed by atoms with Gasteiger partial charge in [-0.15, -0.1) is 0 Å². The Morgan fingerprint density at radius 3 is 2.58 bits per heavy atom. The Labute approximate surface area is 73.4 Å². The van der Waals surface area contributed by atoms with Crippen molar-refractivity contribution < 1.29 is 4.79 Å². The van der Waals surface area contributed by atoms with E-state index in [9.17, 15) is 4.79 Å². The second-order valence-corrected chi connectivity index (χ2v) is 3.23. The maximum atomic E-state index is 11.2. The van der Waals surface area contributed by atoms with E-state index in [-0.39, 0.29) is 5.78 Å². The molecule has 1 rings (SSSR count). The van der Waals surface area contributed by atoms with E-state index in [1.165, 1.54) is 0 Å². The number of rotatable bonds is 3. The third-order valence-electron chi connectivity index (χ3n) is 2.05. The van der Waals surface area contributed by atoms with Crippen LogP contribution in [0, 0.1) is 0 Å². The molecule has 0 spiro atoms. The first-order valence-electron chi connectivity index (χ1n) is 4.32. The van der Waals surface area contributed by atoms with Crippen molar-refractivity contribution in [3.05, 3.63) is 12.2 Å². The number of carbonyl (C=O) groups is 1. The molecule has 1 fully saturated rings. The molecular weight excluding hydrogens is 152 g/mol. The number of hydrogen-bond donors (Lipinski definition) is 1. The van der Waals surface area contributed by atoms with Crippen LogP contribution in [-0.4, -0.2) is 43.4 Å². The molecule has 0 aromatic heterocycles. The van der Waals surface area contributed by atoms with Crippen molar-refractivity contribution in [2.45, 2.75) is 6.92 Å². The van der Waals surface area contributed by atoms with Gasteiger partial charge in [0.05, 0.1) is 6.54 Å². The fourth-order valence-corrected chi connectivity index (χ4v) is 1.21. The van der Waals surface area contributed by atoms with E-state index >= 15 is 0 Å². The Morgan fingerprint density at radius 1 is 1.50 bits per heavy atom. The van der Waals surface area contributed by atoms with Crippen LogP contribution in [0.5, 0.6) is 0 Å². The van der Waals surface area contributed by atoms with Gasteiger partial charge in [0.1, 0.15) is 0 Å². The minimum Gasteiger partial charge on any atom is -0.314 e. The van der Waals surface area contributed by atoms with Crippen LogP contribution in [0.25, 0.3) is 0 Å². The van der Waals surface area contributed by atoms with E-state index < -0.39 is 0 Å². The Kier molecular flexibility index (Phi) is 3.44. The summed E-state index contributed by atoms with van der Waals surface area (Å²) < 4.78 is 0. The molecule has 3 nitrogen and oxygen atoms in total. The second-order valence-electron chi connectivity index (χ2n) is 3.23. The number of Topliss-reactive ketones (excluding diaryl/α,β-unsaturated/α-hetero) is 1. The highest BCUT2D eigenvalue weighted by Crippen LogP contribution is 1.96. The summed E-state index contributed by atoms with van der Waals surface area (Å²) in [7, 11) is 0. The molecule has 0 atom stereocenters. The Balaban J connectivity index is 2.29. The zero-order chi connectivity index (χ0) is 8.97. The molecule has 0 bridgehead atoms. The first-order chi connectivity index (χ1) is 5.70. The third kappa shape index (κ3) is 2.75. The predicted octanol–water partition coefficient (Wildman–Crippen LogP) is 0.0368.